The van der Waals surface area contributed by atoms with Gasteiger partial charge in [-0.25, -0.2) is 13.3 Å². The molecule has 1 aliphatic heterocycles. The first kappa shape index (κ1) is 30.1. The number of ether oxygens (including phenoxy) is 2. The third-order valence-corrected chi connectivity index (χ3v) is 8.05. The Hall–Kier alpha value is -2.46. The van der Waals surface area contributed by atoms with E-state index in [4.69, 9.17) is 49.4 Å². The number of H-pyrrole nitrogens is 1. The molecule has 2 unspecified atom stereocenters. The van der Waals surface area contributed by atoms with Crippen molar-refractivity contribution in [3.63, 3.8) is 0 Å². The van der Waals surface area contributed by atoms with Crippen LogP contribution in [0.1, 0.15) is 27.0 Å². The first-order chi connectivity index (χ1) is 17.7. The van der Waals surface area contributed by atoms with Crippen LogP contribution in [-0.4, -0.2) is 57.1 Å². The fourth-order valence-electron chi connectivity index (χ4n) is 3.62. The number of esters is 1. The number of nitrogens with one attached hydrogen (secondary N) is 1. The highest BCUT2D eigenvalue weighted by Gasteiger charge is 2.67. The average molecular weight is 589 g/mol. The molecule has 1 saturated heterocycles. The van der Waals surface area contributed by atoms with Gasteiger partial charge in [-0.1, -0.05) is 43.3 Å². The van der Waals surface area contributed by atoms with Crippen LogP contribution in [0.15, 0.2) is 42.6 Å². The number of hydrogen-bond donors (Lipinski definition) is 2. The molecule has 0 amide bonds. The molecule has 9 nitrogen and oxygen atoms in total. The van der Waals surface area contributed by atoms with E-state index < -0.39 is 62.2 Å². The van der Waals surface area contributed by atoms with E-state index in [0.29, 0.717) is 0 Å². The van der Waals surface area contributed by atoms with Crippen molar-refractivity contribution in [2.45, 2.75) is 50.7 Å². The van der Waals surface area contributed by atoms with Gasteiger partial charge in [0, 0.05) is 6.20 Å². The Morgan fingerprint density at radius 2 is 1.95 bits per heavy atom. The molecule has 6 atom stereocenters. The Bertz CT molecular complexity index is 1370. The Balaban J connectivity index is 1.90. The first-order valence-electron chi connectivity index (χ1n) is 11.4. The number of benzene rings is 1. The minimum atomic E-state index is -4.33. The molecule has 14 heteroatoms. The summed E-state index contributed by atoms with van der Waals surface area (Å²) in [6, 6.07) is 9.16. The third-order valence-electron chi connectivity index (χ3n) is 5.50. The monoisotopic (exact) mass is 588 g/mol. The largest absolute Gasteiger partial charge is 0.463 e. The highest BCUT2D eigenvalue weighted by atomic mass is 32.1. The predicted molar refractivity (Wildman–Crippen MR) is 139 cm³/mol. The second-order valence-corrected chi connectivity index (χ2v) is 11.8. The number of aromatic amines is 1. The van der Waals surface area contributed by atoms with Gasteiger partial charge in [0.05, 0.1) is 18.2 Å². The number of carbonyl (C=O) groups excluding carboxylic acids is 1. The van der Waals surface area contributed by atoms with Crippen LogP contribution in [0.4, 0.5) is 8.78 Å². The Morgan fingerprint density at radius 1 is 1.29 bits per heavy atom. The molecule has 0 bridgehead atoms. The number of hydrogen-bond acceptors (Lipinski definition) is 9. The molecule has 0 spiro atoms. The number of nitrogens with zero attached hydrogens (tertiary/aromatic N) is 1. The maximum Gasteiger partial charge on any atom is 0.380 e. The average Bonchev–Trinajstić information content (AvgIpc) is 3.05. The summed E-state index contributed by atoms with van der Waals surface area (Å²) in [6.45, 7) is 3.46. The van der Waals surface area contributed by atoms with Crippen LogP contribution in [0.3, 0.4) is 0 Å². The number of terminal acetylenes is 1. The molecule has 1 aromatic carbocycles. The van der Waals surface area contributed by atoms with Gasteiger partial charge in [0.1, 0.15) is 17.0 Å². The Morgan fingerprint density at radius 3 is 2.53 bits per heavy atom. The molecule has 1 fully saturated rings. The van der Waals surface area contributed by atoms with Gasteiger partial charge >= 0.3 is 13.6 Å². The van der Waals surface area contributed by atoms with Crippen LogP contribution in [0.25, 0.3) is 0 Å². The van der Waals surface area contributed by atoms with Crippen molar-refractivity contribution in [2.24, 2.45) is 5.92 Å². The van der Waals surface area contributed by atoms with E-state index in [1.807, 2.05) is 0 Å². The number of carbonyl (C=O) groups is 1. The molecule has 38 heavy (non-hydrogen) atoms. The van der Waals surface area contributed by atoms with Crippen molar-refractivity contribution >= 4 is 38.0 Å². The van der Waals surface area contributed by atoms with Gasteiger partial charge in [-0.2, -0.15) is 0 Å². The molecular formula is C24H27F2N2O7PS2. The van der Waals surface area contributed by atoms with Gasteiger partial charge in [-0.15, -0.1) is 6.42 Å². The lowest BCUT2D eigenvalue weighted by Crippen LogP contribution is -2.47. The van der Waals surface area contributed by atoms with Gasteiger partial charge < -0.3 is 24.1 Å². The minimum Gasteiger partial charge on any atom is -0.463 e. The van der Waals surface area contributed by atoms with Gasteiger partial charge in [0.2, 0.25) is 5.67 Å². The highest BCUT2D eigenvalue weighted by molar-refractivity contribution is 7.72. The number of halogens is 2. The van der Waals surface area contributed by atoms with Crippen molar-refractivity contribution < 1.29 is 41.8 Å². The molecule has 1 aliphatic rings. The standard InChI is InChI=1S/C24H27F2N2O7PS2/c1-5-23(25)20(30)24(26,34-21(23)28-12-11-18(37)27-22(28)38)14-32-36(31,35-17-9-7-6-8-10-17)13-16(4)19(29)33-15(2)3/h1,6-12,15-16,20-21,30H,13-14H2,2-4H3,(H,27,37,38)/t16-,20-,21-,23?,24-,36?/m1/s1. The smallest absolute Gasteiger partial charge is 0.380 e. The van der Waals surface area contributed by atoms with Crippen LogP contribution >= 0.6 is 32.0 Å². The zero-order chi connectivity index (χ0) is 28.3. The zero-order valence-electron chi connectivity index (χ0n) is 20.7. The summed E-state index contributed by atoms with van der Waals surface area (Å²) in [5, 5.41) is 10.6. The van der Waals surface area contributed by atoms with Crippen molar-refractivity contribution in [3.8, 4) is 18.1 Å². The minimum absolute atomic E-state index is 0.105. The van der Waals surface area contributed by atoms with E-state index in [9.17, 15) is 14.5 Å². The molecular weight excluding hydrogens is 561 g/mol. The first-order valence-corrected chi connectivity index (χ1v) is 14.0. The van der Waals surface area contributed by atoms with Crippen LogP contribution in [-0.2, 0) is 23.4 Å². The molecule has 2 heterocycles. The van der Waals surface area contributed by atoms with Gasteiger partial charge in [-0.05, 0) is 44.3 Å². The van der Waals surface area contributed by atoms with E-state index in [-0.39, 0.29) is 15.2 Å². The summed E-state index contributed by atoms with van der Waals surface area (Å²) < 4.78 is 67.8. The van der Waals surface area contributed by atoms with Gasteiger partial charge in [0.15, 0.2) is 17.1 Å². The van der Waals surface area contributed by atoms with Crippen LogP contribution in [0, 0.1) is 27.7 Å². The second kappa shape index (κ2) is 11.7. The maximum absolute atomic E-state index is 16.0. The lowest BCUT2D eigenvalue weighted by molar-refractivity contribution is -0.203. The molecule has 2 aromatic rings. The maximum atomic E-state index is 16.0. The molecule has 2 N–H and O–H groups in total. The van der Waals surface area contributed by atoms with E-state index in [1.54, 1.807) is 38.0 Å². The summed E-state index contributed by atoms with van der Waals surface area (Å²) in [5.74, 6) is -3.12. The van der Waals surface area contributed by atoms with E-state index in [1.165, 1.54) is 31.3 Å². The summed E-state index contributed by atoms with van der Waals surface area (Å²) >= 11 is 10.1. The summed E-state index contributed by atoms with van der Waals surface area (Å²) in [5.41, 5.74) is -3.11. The quantitative estimate of drug-likeness (QED) is 0.171. The summed E-state index contributed by atoms with van der Waals surface area (Å²) in [6.07, 6.45) is 1.10. The number of aliphatic hydroxyl groups excluding tert-OH is 1. The molecule has 3 rings (SSSR count). The van der Waals surface area contributed by atoms with Gasteiger partial charge in [-0.3, -0.25) is 13.9 Å². The van der Waals surface area contributed by atoms with E-state index in [2.05, 4.69) is 4.98 Å². The Kier molecular flexibility index (Phi) is 9.29. The number of para-hydroxylation sites is 1. The normalized spacial score (nSPS) is 27.3. The number of aliphatic hydroxyl groups is 1. The van der Waals surface area contributed by atoms with Crippen LogP contribution in [0.5, 0.6) is 5.75 Å². The van der Waals surface area contributed by atoms with Gasteiger partial charge in [0.25, 0.3) is 5.85 Å². The van der Waals surface area contributed by atoms with Crippen molar-refractivity contribution in [3.05, 3.63) is 52.0 Å². The van der Waals surface area contributed by atoms with Crippen molar-refractivity contribution in [1.82, 2.24) is 9.55 Å². The predicted octanol–water partition coefficient (Wildman–Crippen LogP) is 5.05. The number of alkyl halides is 2. The van der Waals surface area contributed by atoms with Crippen molar-refractivity contribution in [1.29, 1.82) is 0 Å². The number of rotatable bonds is 10. The fraction of sp³-hybridized carbons (Fsp3) is 0.458. The number of aromatic nitrogens is 2. The van der Waals surface area contributed by atoms with Crippen molar-refractivity contribution in [2.75, 3.05) is 12.8 Å². The lowest BCUT2D eigenvalue weighted by atomic mass is 9.96. The molecule has 0 aliphatic carbocycles. The van der Waals surface area contributed by atoms with E-state index >= 15 is 8.78 Å². The zero-order valence-corrected chi connectivity index (χ0v) is 23.2. The van der Waals surface area contributed by atoms with Crippen LogP contribution in [0.2, 0.25) is 0 Å². The summed E-state index contributed by atoms with van der Waals surface area (Å²) in [7, 11) is -4.33. The Labute approximate surface area is 228 Å². The van der Waals surface area contributed by atoms with Crippen LogP contribution < -0.4 is 4.52 Å². The van der Waals surface area contributed by atoms with E-state index in [0.717, 1.165) is 4.57 Å². The topological polar surface area (TPSA) is 112 Å². The second-order valence-electron chi connectivity index (χ2n) is 8.95. The summed E-state index contributed by atoms with van der Waals surface area (Å²) in [4.78, 5) is 14.9. The molecule has 206 valence electrons. The molecule has 0 saturated carbocycles. The third kappa shape index (κ3) is 6.57. The highest BCUT2D eigenvalue weighted by Crippen LogP contribution is 2.54. The molecule has 1 aromatic heterocycles. The lowest BCUT2D eigenvalue weighted by Gasteiger charge is -2.27. The fourth-order valence-corrected chi connectivity index (χ4v) is 5.98. The molecule has 0 radical (unpaired) electrons. The SMILES string of the molecule is C#CC1(F)[C@@H](O)[C@@](F)(COP(=O)(C[C@@H](C)C(=O)OC(C)C)Oc2ccccc2)O[C@H]1n1ccc(=S)[nH]c1=S.